The van der Waals surface area contributed by atoms with Gasteiger partial charge in [-0.2, -0.15) is 5.26 Å². The lowest BCUT2D eigenvalue weighted by Crippen LogP contribution is -2.13. The van der Waals surface area contributed by atoms with Crippen LogP contribution in [0.15, 0.2) is 63.5 Å². The number of nitrogens with one attached hydrogen (secondary N) is 1. The maximum Gasteiger partial charge on any atom is 0.262 e. The highest BCUT2D eigenvalue weighted by molar-refractivity contribution is 7.98. The molecule has 0 radical (unpaired) electrons. The van der Waals surface area contributed by atoms with Gasteiger partial charge >= 0.3 is 0 Å². The van der Waals surface area contributed by atoms with Crippen LogP contribution in [0.1, 0.15) is 21.7 Å². The Bertz CT molecular complexity index is 1200. The summed E-state index contributed by atoms with van der Waals surface area (Å²) in [5, 5.41) is 14.7. The fraction of sp³-hybridized carbons (Fsp3) is 0.0952. The van der Waals surface area contributed by atoms with Crippen molar-refractivity contribution in [3.63, 3.8) is 0 Å². The number of hydrogen-bond acceptors (Lipinski definition) is 6. The lowest BCUT2D eigenvalue weighted by atomic mass is 10.1. The normalized spacial score (nSPS) is 10.7. The molecule has 4 rings (SSSR count). The van der Waals surface area contributed by atoms with Crippen LogP contribution in [0.4, 0.5) is 5.13 Å². The maximum atomic E-state index is 12.9. The summed E-state index contributed by atoms with van der Waals surface area (Å²) in [6.07, 6.45) is 5.55. The SMILES string of the molecule is CSc1ccc(-c2csc(NC(=O)c3c(C)oc(-n4cccc4)c3C#N)n2)cc1. The van der Waals surface area contributed by atoms with E-state index in [1.165, 1.54) is 16.2 Å². The van der Waals surface area contributed by atoms with Crippen LogP contribution >= 0.6 is 23.1 Å². The first-order valence-corrected chi connectivity index (χ1v) is 10.8. The Balaban J connectivity index is 1.59. The van der Waals surface area contributed by atoms with Crippen LogP contribution in [0.3, 0.4) is 0 Å². The van der Waals surface area contributed by atoms with E-state index < -0.39 is 5.91 Å². The van der Waals surface area contributed by atoms with Gasteiger partial charge in [-0.15, -0.1) is 23.1 Å². The number of furan rings is 1. The van der Waals surface area contributed by atoms with Crippen molar-refractivity contribution >= 4 is 34.1 Å². The highest BCUT2D eigenvalue weighted by Gasteiger charge is 2.25. The number of thiazole rings is 1. The molecule has 0 atom stereocenters. The molecule has 4 aromatic rings. The zero-order valence-electron chi connectivity index (χ0n) is 15.7. The third-order valence-corrected chi connectivity index (χ3v) is 5.86. The van der Waals surface area contributed by atoms with E-state index in [9.17, 15) is 10.1 Å². The number of carbonyl (C=O) groups is 1. The molecule has 0 spiro atoms. The summed E-state index contributed by atoms with van der Waals surface area (Å²) in [4.78, 5) is 18.5. The smallest absolute Gasteiger partial charge is 0.262 e. The summed E-state index contributed by atoms with van der Waals surface area (Å²) in [7, 11) is 0. The summed E-state index contributed by atoms with van der Waals surface area (Å²) < 4.78 is 7.37. The molecule has 3 heterocycles. The van der Waals surface area contributed by atoms with Gasteiger partial charge in [0.2, 0.25) is 5.88 Å². The summed E-state index contributed by atoms with van der Waals surface area (Å²) in [6, 6.07) is 13.8. The molecular formula is C21H16N4O2S2. The summed E-state index contributed by atoms with van der Waals surface area (Å²) in [5.74, 6) is 0.292. The number of thioether (sulfide) groups is 1. The van der Waals surface area contributed by atoms with Crippen LogP contribution < -0.4 is 5.32 Å². The third kappa shape index (κ3) is 3.70. The highest BCUT2D eigenvalue weighted by atomic mass is 32.2. The van der Waals surface area contributed by atoms with Crippen LogP contribution in [0.5, 0.6) is 0 Å². The van der Waals surface area contributed by atoms with Crippen molar-refractivity contribution in [1.82, 2.24) is 9.55 Å². The minimum absolute atomic E-state index is 0.195. The summed E-state index contributed by atoms with van der Waals surface area (Å²) >= 11 is 3.01. The first kappa shape index (κ1) is 19.1. The average Bonchev–Trinajstić information content (AvgIpc) is 3.47. The molecule has 0 bridgehead atoms. The molecule has 0 fully saturated rings. The minimum Gasteiger partial charge on any atom is -0.443 e. The number of amides is 1. The minimum atomic E-state index is -0.417. The molecule has 0 aliphatic heterocycles. The molecule has 1 amide bonds. The lowest BCUT2D eigenvalue weighted by Gasteiger charge is -2.01. The summed E-state index contributed by atoms with van der Waals surface area (Å²) in [6.45, 7) is 1.67. The quantitative estimate of drug-likeness (QED) is 0.440. The fourth-order valence-electron chi connectivity index (χ4n) is 2.94. The van der Waals surface area contributed by atoms with E-state index in [0.29, 0.717) is 16.8 Å². The number of nitriles is 1. The van der Waals surface area contributed by atoms with Crippen LogP contribution in [0, 0.1) is 18.3 Å². The van der Waals surface area contributed by atoms with Crippen molar-refractivity contribution in [2.45, 2.75) is 11.8 Å². The van der Waals surface area contributed by atoms with Gasteiger partial charge in [0.15, 0.2) is 5.13 Å². The van der Waals surface area contributed by atoms with E-state index in [4.69, 9.17) is 4.42 Å². The van der Waals surface area contributed by atoms with Gasteiger partial charge < -0.3 is 4.42 Å². The van der Waals surface area contributed by atoms with Crippen LogP contribution in [-0.2, 0) is 0 Å². The first-order valence-electron chi connectivity index (χ1n) is 8.69. The van der Waals surface area contributed by atoms with Crippen LogP contribution in [-0.4, -0.2) is 21.7 Å². The molecule has 8 heteroatoms. The number of nitrogens with zero attached hydrogens (tertiary/aromatic N) is 3. The Morgan fingerprint density at radius 2 is 2.00 bits per heavy atom. The fourth-order valence-corrected chi connectivity index (χ4v) is 4.07. The number of aryl methyl sites for hydroxylation is 1. The molecule has 1 aromatic carbocycles. The monoisotopic (exact) mass is 420 g/mol. The molecule has 0 aliphatic carbocycles. The van der Waals surface area contributed by atoms with E-state index >= 15 is 0 Å². The number of rotatable bonds is 5. The van der Waals surface area contributed by atoms with Gasteiger partial charge in [0.1, 0.15) is 23.0 Å². The van der Waals surface area contributed by atoms with E-state index in [1.54, 1.807) is 35.6 Å². The number of hydrogen-bond donors (Lipinski definition) is 1. The van der Waals surface area contributed by atoms with Crippen molar-refractivity contribution in [3.8, 4) is 23.2 Å². The Morgan fingerprint density at radius 3 is 2.66 bits per heavy atom. The van der Waals surface area contributed by atoms with Gasteiger partial charge in [0.25, 0.3) is 5.91 Å². The maximum absolute atomic E-state index is 12.9. The van der Waals surface area contributed by atoms with Crippen molar-refractivity contribution in [3.05, 3.63) is 71.1 Å². The molecule has 0 unspecified atom stereocenters. The second-order valence-corrected chi connectivity index (χ2v) is 7.87. The topological polar surface area (TPSA) is 83.9 Å². The molecule has 1 N–H and O–H groups in total. The van der Waals surface area contributed by atoms with E-state index in [0.717, 1.165) is 11.3 Å². The third-order valence-electron chi connectivity index (χ3n) is 4.35. The van der Waals surface area contributed by atoms with E-state index in [1.807, 2.05) is 48.0 Å². The average molecular weight is 421 g/mol. The van der Waals surface area contributed by atoms with Crippen molar-refractivity contribution in [2.24, 2.45) is 0 Å². The van der Waals surface area contributed by atoms with Gasteiger partial charge in [0.05, 0.1) is 5.69 Å². The van der Waals surface area contributed by atoms with E-state index in [2.05, 4.69) is 16.4 Å². The lowest BCUT2D eigenvalue weighted by molar-refractivity contribution is 0.102. The largest absolute Gasteiger partial charge is 0.443 e. The van der Waals surface area contributed by atoms with E-state index in [-0.39, 0.29) is 11.1 Å². The Hall–Kier alpha value is -3.28. The van der Waals surface area contributed by atoms with Gasteiger partial charge in [-0.3, -0.25) is 14.7 Å². The molecule has 144 valence electrons. The van der Waals surface area contributed by atoms with Crippen molar-refractivity contribution in [1.29, 1.82) is 5.26 Å². The second kappa shape index (κ2) is 7.99. The van der Waals surface area contributed by atoms with Gasteiger partial charge in [-0.05, 0) is 37.4 Å². The molecule has 0 saturated carbocycles. The highest BCUT2D eigenvalue weighted by Crippen LogP contribution is 2.29. The van der Waals surface area contributed by atoms with Crippen molar-refractivity contribution in [2.75, 3.05) is 11.6 Å². The molecule has 0 aliphatic rings. The van der Waals surface area contributed by atoms with Crippen LogP contribution in [0.2, 0.25) is 0 Å². The molecular weight excluding hydrogens is 404 g/mol. The Labute approximate surface area is 175 Å². The zero-order chi connectivity index (χ0) is 20.4. The number of aromatic nitrogens is 2. The predicted octanol–water partition coefficient (Wildman–Crippen LogP) is 5.35. The molecule has 3 aromatic heterocycles. The van der Waals surface area contributed by atoms with Gasteiger partial charge in [-0.1, -0.05) is 12.1 Å². The second-order valence-electron chi connectivity index (χ2n) is 6.14. The standard InChI is InChI=1S/C21H16N4O2S2/c1-13-18(16(11-22)20(27-13)25-9-3-4-10-25)19(26)24-21-23-17(12-29-21)14-5-7-15(28-2)8-6-14/h3-10,12H,1-2H3,(H,23,24,26). The molecule has 0 saturated heterocycles. The van der Waals surface area contributed by atoms with Gasteiger partial charge in [0, 0.05) is 28.2 Å². The first-order chi connectivity index (χ1) is 14.1. The number of anilines is 1. The Morgan fingerprint density at radius 1 is 1.28 bits per heavy atom. The number of carbonyl (C=O) groups excluding carboxylic acids is 1. The van der Waals surface area contributed by atoms with Crippen LogP contribution in [0.25, 0.3) is 17.1 Å². The molecule has 29 heavy (non-hydrogen) atoms. The molecule has 6 nitrogen and oxygen atoms in total. The predicted molar refractivity (Wildman–Crippen MR) is 115 cm³/mol. The Kier molecular flexibility index (Phi) is 5.25. The summed E-state index contributed by atoms with van der Waals surface area (Å²) in [5.41, 5.74) is 2.18. The zero-order valence-corrected chi connectivity index (χ0v) is 17.3. The van der Waals surface area contributed by atoms with Crippen molar-refractivity contribution < 1.29 is 9.21 Å². The van der Waals surface area contributed by atoms with Gasteiger partial charge in [-0.25, -0.2) is 4.98 Å². The number of benzene rings is 1.